The summed E-state index contributed by atoms with van der Waals surface area (Å²) in [5, 5.41) is 12.6. The van der Waals surface area contributed by atoms with Crippen LogP contribution in [0.3, 0.4) is 0 Å². The molecule has 0 spiro atoms. The number of hydrogen-bond donors (Lipinski definition) is 2. The third kappa shape index (κ3) is 4.12. The van der Waals surface area contributed by atoms with Crippen LogP contribution in [-0.2, 0) is 9.59 Å². The summed E-state index contributed by atoms with van der Waals surface area (Å²) in [6.45, 7) is 1.47. The number of carbonyl (C=O) groups excluding carboxylic acids is 2. The van der Waals surface area contributed by atoms with Gasteiger partial charge in [-0.1, -0.05) is 6.07 Å². The van der Waals surface area contributed by atoms with Crippen LogP contribution >= 0.6 is 0 Å². The number of aliphatic hydroxyl groups is 1. The lowest BCUT2D eigenvalue weighted by atomic mass is 9.76. The van der Waals surface area contributed by atoms with Crippen molar-refractivity contribution in [2.75, 3.05) is 13.1 Å². The second kappa shape index (κ2) is 7.75. The molecule has 2 heterocycles. The fourth-order valence-electron chi connectivity index (χ4n) is 3.51. The van der Waals surface area contributed by atoms with Gasteiger partial charge in [-0.15, -0.1) is 0 Å². The minimum Gasteiger partial charge on any atom is -0.393 e. The number of aromatic nitrogens is 1. The van der Waals surface area contributed by atoms with Crippen molar-refractivity contribution in [3.63, 3.8) is 0 Å². The number of rotatable bonds is 7. The molecule has 1 aliphatic heterocycles. The smallest absolute Gasteiger partial charge is 0.222 e. The highest BCUT2D eigenvalue weighted by molar-refractivity contribution is 5.78. The molecule has 2 fully saturated rings. The summed E-state index contributed by atoms with van der Waals surface area (Å²) in [5.41, 5.74) is 0.845. The standard InChI is InChI=1S/C18H25N3O3/c22-14-11-13(12-14)18(15-5-1-2-8-19-15)20-16(23)6-3-9-21-10-4-7-17(21)24/h1-2,5,8,13-14,18,22H,3-4,6-7,9-12H2,(H,20,23)/t13?,14?,18-/m0/s1. The highest BCUT2D eigenvalue weighted by atomic mass is 16.3. The molecule has 0 bridgehead atoms. The maximum atomic E-state index is 12.3. The maximum Gasteiger partial charge on any atom is 0.222 e. The van der Waals surface area contributed by atoms with Gasteiger partial charge < -0.3 is 15.3 Å². The monoisotopic (exact) mass is 331 g/mol. The Hall–Kier alpha value is -1.95. The van der Waals surface area contributed by atoms with Gasteiger partial charge in [0.15, 0.2) is 0 Å². The molecule has 1 atom stereocenters. The molecule has 1 saturated carbocycles. The van der Waals surface area contributed by atoms with E-state index in [0.29, 0.717) is 38.6 Å². The van der Waals surface area contributed by atoms with E-state index in [0.717, 1.165) is 18.7 Å². The van der Waals surface area contributed by atoms with Crippen molar-refractivity contribution < 1.29 is 14.7 Å². The molecule has 24 heavy (non-hydrogen) atoms. The van der Waals surface area contributed by atoms with Crippen LogP contribution in [0.2, 0.25) is 0 Å². The van der Waals surface area contributed by atoms with Gasteiger partial charge in [-0.05, 0) is 43.7 Å². The second-order valence-electron chi connectivity index (χ2n) is 6.77. The summed E-state index contributed by atoms with van der Waals surface area (Å²) in [6, 6.07) is 5.54. The first-order valence-corrected chi connectivity index (χ1v) is 8.79. The summed E-state index contributed by atoms with van der Waals surface area (Å²) in [5.74, 6) is 0.419. The first-order chi connectivity index (χ1) is 11.6. The van der Waals surface area contributed by atoms with Crippen LogP contribution in [-0.4, -0.2) is 46.0 Å². The SMILES string of the molecule is O=C(CCCN1CCCC1=O)N[C@H](c1ccccn1)C1CC(O)C1. The van der Waals surface area contributed by atoms with Crippen LogP contribution in [0.25, 0.3) is 0 Å². The van der Waals surface area contributed by atoms with E-state index in [4.69, 9.17) is 0 Å². The molecule has 1 saturated heterocycles. The fourth-order valence-corrected chi connectivity index (χ4v) is 3.51. The van der Waals surface area contributed by atoms with Crippen molar-refractivity contribution in [1.29, 1.82) is 0 Å². The van der Waals surface area contributed by atoms with Crippen molar-refractivity contribution >= 4 is 11.8 Å². The van der Waals surface area contributed by atoms with E-state index >= 15 is 0 Å². The molecular formula is C18H25N3O3. The van der Waals surface area contributed by atoms with E-state index in [9.17, 15) is 14.7 Å². The number of amides is 2. The summed E-state index contributed by atoms with van der Waals surface area (Å²) in [4.78, 5) is 30.1. The normalized spacial score (nSPS) is 24.5. The Bertz CT molecular complexity index is 572. The molecule has 6 heteroatoms. The molecule has 2 amide bonds. The molecule has 2 N–H and O–H groups in total. The molecule has 2 aliphatic rings. The molecule has 6 nitrogen and oxygen atoms in total. The van der Waals surface area contributed by atoms with Gasteiger partial charge in [0, 0.05) is 32.1 Å². The number of nitrogens with zero attached hydrogens (tertiary/aromatic N) is 2. The van der Waals surface area contributed by atoms with Gasteiger partial charge in [-0.25, -0.2) is 0 Å². The lowest BCUT2D eigenvalue weighted by Gasteiger charge is -2.37. The van der Waals surface area contributed by atoms with Crippen LogP contribution in [0.1, 0.15) is 50.3 Å². The van der Waals surface area contributed by atoms with Crippen LogP contribution in [0.15, 0.2) is 24.4 Å². The van der Waals surface area contributed by atoms with Gasteiger partial charge in [0.2, 0.25) is 11.8 Å². The zero-order valence-electron chi connectivity index (χ0n) is 13.9. The molecule has 0 unspecified atom stereocenters. The van der Waals surface area contributed by atoms with Crippen LogP contribution < -0.4 is 5.32 Å². The van der Waals surface area contributed by atoms with Crippen molar-refractivity contribution in [3.8, 4) is 0 Å². The van der Waals surface area contributed by atoms with E-state index in [-0.39, 0.29) is 29.9 Å². The summed E-state index contributed by atoms with van der Waals surface area (Å²) < 4.78 is 0. The van der Waals surface area contributed by atoms with Crippen molar-refractivity contribution in [2.45, 2.75) is 50.7 Å². The predicted molar refractivity (Wildman–Crippen MR) is 88.9 cm³/mol. The van der Waals surface area contributed by atoms with Crippen molar-refractivity contribution in [3.05, 3.63) is 30.1 Å². The zero-order valence-corrected chi connectivity index (χ0v) is 13.9. The van der Waals surface area contributed by atoms with E-state index < -0.39 is 0 Å². The Morgan fingerprint density at radius 1 is 1.42 bits per heavy atom. The van der Waals surface area contributed by atoms with Gasteiger partial charge >= 0.3 is 0 Å². The average molecular weight is 331 g/mol. The Morgan fingerprint density at radius 2 is 2.25 bits per heavy atom. The lowest BCUT2D eigenvalue weighted by Crippen LogP contribution is -2.41. The molecule has 0 aromatic carbocycles. The number of likely N-dealkylation sites (tertiary alicyclic amines) is 1. The average Bonchev–Trinajstić information content (AvgIpc) is 2.96. The van der Waals surface area contributed by atoms with E-state index in [1.54, 1.807) is 6.20 Å². The largest absolute Gasteiger partial charge is 0.393 e. The second-order valence-corrected chi connectivity index (χ2v) is 6.77. The molecular weight excluding hydrogens is 306 g/mol. The highest BCUT2D eigenvalue weighted by Gasteiger charge is 2.36. The van der Waals surface area contributed by atoms with Crippen LogP contribution in [0, 0.1) is 5.92 Å². The Labute approximate surface area is 142 Å². The number of carbonyl (C=O) groups is 2. The van der Waals surface area contributed by atoms with Gasteiger partial charge in [0.25, 0.3) is 0 Å². The quantitative estimate of drug-likeness (QED) is 0.791. The summed E-state index contributed by atoms with van der Waals surface area (Å²) in [7, 11) is 0. The minimum atomic E-state index is -0.265. The van der Waals surface area contributed by atoms with Gasteiger partial charge in [-0.2, -0.15) is 0 Å². The van der Waals surface area contributed by atoms with E-state index in [2.05, 4.69) is 10.3 Å². The third-order valence-electron chi connectivity index (χ3n) is 4.95. The molecule has 0 radical (unpaired) electrons. The Kier molecular flexibility index (Phi) is 5.45. The molecule has 3 rings (SSSR count). The van der Waals surface area contributed by atoms with Crippen LogP contribution in [0.5, 0.6) is 0 Å². The number of hydrogen-bond acceptors (Lipinski definition) is 4. The molecule has 1 aliphatic carbocycles. The topological polar surface area (TPSA) is 82.5 Å². The zero-order chi connectivity index (χ0) is 16.9. The van der Waals surface area contributed by atoms with Gasteiger partial charge in [-0.3, -0.25) is 14.6 Å². The number of nitrogens with one attached hydrogen (secondary N) is 1. The fraction of sp³-hybridized carbons (Fsp3) is 0.611. The van der Waals surface area contributed by atoms with Gasteiger partial charge in [0.1, 0.15) is 0 Å². The van der Waals surface area contributed by atoms with Crippen molar-refractivity contribution in [2.24, 2.45) is 5.92 Å². The summed E-state index contributed by atoms with van der Waals surface area (Å²) in [6.07, 6.45) is 5.51. The lowest BCUT2D eigenvalue weighted by molar-refractivity contribution is -0.128. The van der Waals surface area contributed by atoms with E-state index in [1.807, 2.05) is 23.1 Å². The minimum absolute atomic E-state index is 0.0151. The third-order valence-corrected chi connectivity index (χ3v) is 4.95. The van der Waals surface area contributed by atoms with E-state index in [1.165, 1.54) is 0 Å². The Morgan fingerprint density at radius 3 is 2.88 bits per heavy atom. The molecule has 1 aromatic heterocycles. The van der Waals surface area contributed by atoms with Crippen LogP contribution in [0.4, 0.5) is 0 Å². The molecule has 130 valence electrons. The first kappa shape index (κ1) is 16.9. The Balaban J connectivity index is 1.50. The van der Waals surface area contributed by atoms with Crippen molar-refractivity contribution in [1.82, 2.24) is 15.2 Å². The van der Waals surface area contributed by atoms with Gasteiger partial charge in [0.05, 0.1) is 17.8 Å². The molecule has 1 aromatic rings. The summed E-state index contributed by atoms with van der Waals surface area (Å²) >= 11 is 0. The first-order valence-electron chi connectivity index (χ1n) is 8.79. The highest BCUT2D eigenvalue weighted by Crippen LogP contribution is 2.37. The maximum absolute atomic E-state index is 12.3. The number of aliphatic hydroxyl groups excluding tert-OH is 1. The predicted octanol–water partition coefficient (Wildman–Crippen LogP) is 1.41. The number of pyridine rings is 1.